The third-order valence-corrected chi connectivity index (χ3v) is 5.88. The van der Waals surface area contributed by atoms with E-state index in [1.165, 1.54) is 29.0 Å². The molecule has 6 nitrogen and oxygen atoms in total. The van der Waals surface area contributed by atoms with Gasteiger partial charge in [-0.15, -0.1) is 0 Å². The number of hydrogen-bond acceptors (Lipinski definition) is 3. The van der Waals surface area contributed by atoms with Crippen LogP contribution in [0.25, 0.3) is 11.1 Å². The highest BCUT2D eigenvalue weighted by Gasteiger charge is 2.23. The van der Waals surface area contributed by atoms with Crippen LogP contribution in [0.2, 0.25) is 5.02 Å². The fourth-order valence-electron chi connectivity index (χ4n) is 3.89. The average molecular weight is 479 g/mol. The fraction of sp³-hybridized carbons (Fsp3) is 0.115. The quantitative estimate of drug-likeness (QED) is 0.421. The monoisotopic (exact) mass is 478 g/mol. The normalized spacial score (nSPS) is 11.0. The van der Waals surface area contributed by atoms with Crippen molar-refractivity contribution in [2.45, 2.75) is 19.0 Å². The van der Waals surface area contributed by atoms with Gasteiger partial charge in [-0.3, -0.25) is 18.7 Å². The van der Waals surface area contributed by atoms with Crippen molar-refractivity contribution >= 4 is 17.6 Å². The number of nitrogens with zero attached hydrogens (tertiary/aromatic N) is 2. The number of hydrogen-bond donors (Lipinski definition) is 1. The Hall–Kier alpha value is -3.97. The Morgan fingerprint density at radius 2 is 1.47 bits per heavy atom. The van der Waals surface area contributed by atoms with Crippen LogP contribution in [0.15, 0.2) is 94.6 Å². The third kappa shape index (κ3) is 4.56. The van der Waals surface area contributed by atoms with Crippen molar-refractivity contribution in [2.24, 2.45) is 0 Å². The molecule has 0 amide bonds. The van der Waals surface area contributed by atoms with E-state index in [0.717, 1.165) is 15.7 Å². The van der Waals surface area contributed by atoms with Crippen LogP contribution in [0.1, 0.15) is 23.6 Å². The standard InChI is InChI=1S/C26H20ClFN2O4/c27-23-19(12-7-13-21(23)28)20-16-30(26(34)29(25(20)33)15-14-22(31)32)24(17-8-3-1-4-9-17)18-10-5-2-6-11-18/h1-13,16,24H,14-15H2,(H,31,32). The van der Waals surface area contributed by atoms with Gasteiger partial charge in [0, 0.05) is 18.3 Å². The Kier molecular flexibility index (Phi) is 6.75. The first kappa shape index (κ1) is 23.2. The lowest BCUT2D eigenvalue weighted by Crippen LogP contribution is -2.42. The summed E-state index contributed by atoms with van der Waals surface area (Å²) in [5, 5.41) is 8.90. The van der Waals surface area contributed by atoms with E-state index < -0.39 is 35.5 Å². The summed E-state index contributed by atoms with van der Waals surface area (Å²) in [7, 11) is 0. The predicted molar refractivity (Wildman–Crippen MR) is 128 cm³/mol. The summed E-state index contributed by atoms with van der Waals surface area (Å²) in [6, 6.07) is 21.9. The molecule has 4 aromatic rings. The van der Waals surface area contributed by atoms with E-state index in [1.807, 2.05) is 60.7 Å². The molecular weight excluding hydrogens is 459 g/mol. The van der Waals surface area contributed by atoms with Crippen molar-refractivity contribution < 1.29 is 14.3 Å². The van der Waals surface area contributed by atoms with Crippen molar-refractivity contribution in [3.63, 3.8) is 0 Å². The summed E-state index contributed by atoms with van der Waals surface area (Å²) in [4.78, 5) is 38.1. The van der Waals surface area contributed by atoms with E-state index in [-0.39, 0.29) is 22.7 Å². The lowest BCUT2D eigenvalue weighted by molar-refractivity contribution is -0.137. The highest BCUT2D eigenvalue weighted by Crippen LogP contribution is 2.30. The van der Waals surface area contributed by atoms with Crippen LogP contribution in [0.4, 0.5) is 4.39 Å². The fourth-order valence-corrected chi connectivity index (χ4v) is 4.12. The van der Waals surface area contributed by atoms with Crippen LogP contribution in [-0.2, 0) is 11.3 Å². The maximum atomic E-state index is 14.2. The number of carbonyl (C=O) groups is 1. The molecule has 0 bridgehead atoms. The lowest BCUT2D eigenvalue weighted by atomic mass is 9.98. The summed E-state index contributed by atoms with van der Waals surface area (Å²) in [6.45, 7) is -0.343. The van der Waals surface area contributed by atoms with Gasteiger partial charge in [-0.25, -0.2) is 9.18 Å². The molecule has 0 aliphatic rings. The predicted octanol–water partition coefficient (Wildman–Crippen LogP) is 4.58. The molecule has 1 N–H and O–H groups in total. The molecule has 0 unspecified atom stereocenters. The van der Waals surface area contributed by atoms with E-state index in [0.29, 0.717) is 0 Å². The molecule has 1 aromatic heterocycles. The molecule has 0 aliphatic carbocycles. The molecule has 0 spiro atoms. The maximum Gasteiger partial charge on any atom is 0.331 e. The second-order valence-electron chi connectivity index (χ2n) is 7.66. The molecule has 0 radical (unpaired) electrons. The molecule has 172 valence electrons. The highest BCUT2D eigenvalue weighted by atomic mass is 35.5. The van der Waals surface area contributed by atoms with Crippen LogP contribution in [0, 0.1) is 5.82 Å². The van der Waals surface area contributed by atoms with Crippen LogP contribution in [0.3, 0.4) is 0 Å². The molecule has 0 saturated heterocycles. The molecule has 34 heavy (non-hydrogen) atoms. The molecule has 8 heteroatoms. The van der Waals surface area contributed by atoms with E-state index >= 15 is 0 Å². The Bertz CT molecular complexity index is 1410. The van der Waals surface area contributed by atoms with Crippen molar-refractivity contribution in [3.05, 3.63) is 128 Å². The zero-order chi connectivity index (χ0) is 24.2. The first-order valence-electron chi connectivity index (χ1n) is 10.5. The van der Waals surface area contributed by atoms with Gasteiger partial charge in [0.15, 0.2) is 0 Å². The second-order valence-corrected chi connectivity index (χ2v) is 8.04. The topological polar surface area (TPSA) is 81.3 Å². The Labute approximate surface area is 199 Å². The SMILES string of the molecule is O=C(O)CCn1c(=O)c(-c2cccc(F)c2Cl)cn(C(c2ccccc2)c2ccccc2)c1=O. The van der Waals surface area contributed by atoms with Crippen molar-refractivity contribution in [1.29, 1.82) is 0 Å². The molecule has 0 atom stereocenters. The smallest absolute Gasteiger partial charge is 0.331 e. The number of halogens is 2. The van der Waals surface area contributed by atoms with Gasteiger partial charge in [0.25, 0.3) is 5.56 Å². The first-order valence-corrected chi connectivity index (χ1v) is 10.9. The number of aliphatic carboxylic acids is 1. The minimum absolute atomic E-state index is 0.00801. The largest absolute Gasteiger partial charge is 0.481 e. The summed E-state index contributed by atoms with van der Waals surface area (Å²) in [6.07, 6.45) is 0.935. The first-order chi connectivity index (χ1) is 16.4. The van der Waals surface area contributed by atoms with Gasteiger partial charge >= 0.3 is 11.7 Å². The zero-order valence-electron chi connectivity index (χ0n) is 17.9. The molecule has 4 rings (SSSR count). The summed E-state index contributed by atoms with van der Waals surface area (Å²) < 4.78 is 16.5. The van der Waals surface area contributed by atoms with Gasteiger partial charge in [0.05, 0.1) is 23.0 Å². The highest BCUT2D eigenvalue weighted by molar-refractivity contribution is 6.33. The lowest BCUT2D eigenvalue weighted by Gasteiger charge is -2.23. The number of benzene rings is 3. The van der Waals surface area contributed by atoms with Gasteiger partial charge in [-0.1, -0.05) is 84.4 Å². The van der Waals surface area contributed by atoms with Gasteiger partial charge in [0.2, 0.25) is 0 Å². The average Bonchev–Trinajstić information content (AvgIpc) is 2.84. The molecule has 0 aliphatic heterocycles. The maximum absolute atomic E-state index is 14.2. The third-order valence-electron chi connectivity index (χ3n) is 5.50. The van der Waals surface area contributed by atoms with Crippen molar-refractivity contribution in [3.8, 4) is 11.1 Å². The summed E-state index contributed by atoms with van der Waals surface area (Å²) >= 11 is 6.18. The van der Waals surface area contributed by atoms with Gasteiger partial charge in [-0.2, -0.15) is 0 Å². The molecule has 0 fully saturated rings. The Morgan fingerprint density at radius 1 is 0.882 bits per heavy atom. The van der Waals surface area contributed by atoms with E-state index in [1.54, 1.807) is 0 Å². The molecule has 3 aromatic carbocycles. The molecule has 1 heterocycles. The van der Waals surface area contributed by atoms with Crippen LogP contribution < -0.4 is 11.2 Å². The van der Waals surface area contributed by atoms with E-state index in [2.05, 4.69) is 0 Å². The van der Waals surface area contributed by atoms with Crippen LogP contribution in [-0.4, -0.2) is 20.2 Å². The van der Waals surface area contributed by atoms with Crippen LogP contribution in [0.5, 0.6) is 0 Å². The minimum atomic E-state index is -1.16. The number of carboxylic acids is 1. The Balaban J connectivity index is 2.05. The minimum Gasteiger partial charge on any atom is -0.481 e. The van der Waals surface area contributed by atoms with Gasteiger partial charge in [0.1, 0.15) is 5.82 Å². The number of aromatic nitrogens is 2. The van der Waals surface area contributed by atoms with Crippen molar-refractivity contribution in [2.75, 3.05) is 0 Å². The van der Waals surface area contributed by atoms with E-state index in [9.17, 15) is 18.8 Å². The van der Waals surface area contributed by atoms with Crippen molar-refractivity contribution in [1.82, 2.24) is 9.13 Å². The number of carboxylic acid groups (broad SMARTS) is 1. The Morgan fingerprint density at radius 3 is 2.03 bits per heavy atom. The molecule has 0 saturated carbocycles. The van der Waals surface area contributed by atoms with Crippen LogP contribution >= 0.6 is 11.6 Å². The second kappa shape index (κ2) is 9.89. The number of rotatable bonds is 7. The summed E-state index contributed by atoms with van der Waals surface area (Å²) in [5.74, 6) is -1.87. The van der Waals surface area contributed by atoms with Gasteiger partial charge in [-0.05, 0) is 17.2 Å². The van der Waals surface area contributed by atoms with Gasteiger partial charge < -0.3 is 5.11 Å². The summed E-state index contributed by atoms with van der Waals surface area (Å²) in [5.41, 5.74) is 0.233. The van der Waals surface area contributed by atoms with E-state index in [4.69, 9.17) is 16.7 Å². The molecular formula is C26H20ClFN2O4. The zero-order valence-corrected chi connectivity index (χ0v) is 18.7.